The van der Waals surface area contributed by atoms with Crippen molar-refractivity contribution in [3.05, 3.63) is 16.1 Å². The molecule has 1 aromatic rings. The maximum atomic E-state index is 12.0. The summed E-state index contributed by atoms with van der Waals surface area (Å²) in [5, 5.41) is 11.4. The molecule has 0 spiro atoms. The molecule has 1 heterocycles. The van der Waals surface area contributed by atoms with Crippen LogP contribution >= 0.6 is 11.3 Å². The molecule has 90 valence electrons. The van der Waals surface area contributed by atoms with Gasteiger partial charge in [0.15, 0.2) is 0 Å². The number of rotatable bonds is 5. The number of aromatic nitrogens is 1. The molecule has 0 aliphatic rings. The van der Waals surface area contributed by atoms with E-state index in [4.69, 9.17) is 10.8 Å². The molecule has 1 amide bonds. The molecule has 1 aromatic heterocycles. The fraction of sp³-hybridized carbons (Fsp3) is 0.600. The Labute approximate surface area is 98.9 Å². The van der Waals surface area contributed by atoms with Crippen molar-refractivity contribution in [3.8, 4) is 0 Å². The lowest BCUT2D eigenvalue weighted by Gasteiger charge is -2.24. The Balaban J connectivity index is 2.81. The van der Waals surface area contributed by atoms with Crippen molar-refractivity contribution in [1.82, 2.24) is 9.88 Å². The zero-order valence-corrected chi connectivity index (χ0v) is 10.3. The molecule has 0 atom stereocenters. The molecule has 0 unspecified atom stereocenters. The van der Waals surface area contributed by atoms with Crippen LogP contribution in [-0.2, 0) is 6.54 Å². The van der Waals surface area contributed by atoms with Crippen molar-refractivity contribution in [1.29, 1.82) is 0 Å². The van der Waals surface area contributed by atoms with Crippen molar-refractivity contribution >= 4 is 17.2 Å². The minimum Gasteiger partial charge on any atom is -0.395 e. The standard InChI is InChI=1S/C10H17N3O2S/c1-7(2)13(3-4-14)10(15)8-6-16-9(5-11)12-8/h6-7,14H,3-5,11H2,1-2H3. The molecule has 0 aliphatic heterocycles. The molecule has 1 rings (SSSR count). The average Bonchev–Trinajstić information content (AvgIpc) is 2.73. The van der Waals surface area contributed by atoms with Crippen LogP contribution in [0.15, 0.2) is 5.38 Å². The van der Waals surface area contributed by atoms with Crippen LogP contribution in [0.1, 0.15) is 29.3 Å². The van der Waals surface area contributed by atoms with E-state index in [-0.39, 0.29) is 18.6 Å². The van der Waals surface area contributed by atoms with Crippen molar-refractivity contribution in [2.24, 2.45) is 5.73 Å². The highest BCUT2D eigenvalue weighted by molar-refractivity contribution is 7.09. The van der Waals surface area contributed by atoms with Crippen LogP contribution in [-0.4, -0.2) is 40.1 Å². The molecular formula is C10H17N3O2S. The summed E-state index contributed by atoms with van der Waals surface area (Å²) in [6.07, 6.45) is 0. The van der Waals surface area contributed by atoms with Gasteiger partial charge in [-0.05, 0) is 13.8 Å². The number of aliphatic hydroxyl groups excluding tert-OH is 1. The number of hydrogen-bond acceptors (Lipinski definition) is 5. The molecule has 0 fully saturated rings. The van der Waals surface area contributed by atoms with Gasteiger partial charge in [0.05, 0.1) is 6.61 Å². The van der Waals surface area contributed by atoms with E-state index in [0.29, 0.717) is 18.8 Å². The van der Waals surface area contributed by atoms with Gasteiger partial charge in [0.25, 0.3) is 5.91 Å². The summed E-state index contributed by atoms with van der Waals surface area (Å²) in [5.41, 5.74) is 5.85. The van der Waals surface area contributed by atoms with E-state index >= 15 is 0 Å². The van der Waals surface area contributed by atoms with Crippen LogP contribution in [0.5, 0.6) is 0 Å². The summed E-state index contributed by atoms with van der Waals surface area (Å²) >= 11 is 1.38. The minimum atomic E-state index is -0.153. The van der Waals surface area contributed by atoms with E-state index in [1.54, 1.807) is 10.3 Å². The van der Waals surface area contributed by atoms with Gasteiger partial charge in [-0.3, -0.25) is 4.79 Å². The Kier molecular flexibility index (Phi) is 4.85. The first-order chi connectivity index (χ1) is 7.60. The maximum absolute atomic E-state index is 12.0. The van der Waals surface area contributed by atoms with Crippen molar-refractivity contribution in [2.75, 3.05) is 13.2 Å². The van der Waals surface area contributed by atoms with E-state index in [1.165, 1.54) is 11.3 Å². The Hall–Kier alpha value is -0.980. The summed E-state index contributed by atoms with van der Waals surface area (Å²) in [5.74, 6) is -0.153. The molecule has 0 aromatic carbocycles. The molecule has 0 radical (unpaired) electrons. The lowest BCUT2D eigenvalue weighted by atomic mass is 10.3. The van der Waals surface area contributed by atoms with Crippen LogP contribution in [0.2, 0.25) is 0 Å². The Bertz CT molecular complexity index is 352. The number of carbonyl (C=O) groups is 1. The third-order valence-electron chi connectivity index (χ3n) is 2.17. The number of carbonyl (C=O) groups excluding carboxylic acids is 1. The molecule has 0 saturated heterocycles. The molecule has 6 heteroatoms. The minimum absolute atomic E-state index is 0.0438. The molecule has 5 nitrogen and oxygen atoms in total. The second-order valence-corrected chi connectivity index (χ2v) is 4.59. The average molecular weight is 243 g/mol. The number of nitrogens with two attached hydrogens (primary N) is 1. The second kappa shape index (κ2) is 5.93. The van der Waals surface area contributed by atoms with Gasteiger partial charge in [-0.15, -0.1) is 11.3 Å². The highest BCUT2D eigenvalue weighted by Gasteiger charge is 2.20. The van der Waals surface area contributed by atoms with Crippen LogP contribution in [0, 0.1) is 0 Å². The highest BCUT2D eigenvalue weighted by Crippen LogP contribution is 2.12. The van der Waals surface area contributed by atoms with E-state index in [0.717, 1.165) is 5.01 Å². The smallest absolute Gasteiger partial charge is 0.273 e. The predicted octanol–water partition coefficient (Wildman–Crippen LogP) is 0.445. The Morgan fingerprint density at radius 3 is 2.81 bits per heavy atom. The summed E-state index contributed by atoms with van der Waals surface area (Å²) in [4.78, 5) is 17.8. The summed E-state index contributed by atoms with van der Waals surface area (Å²) in [6.45, 7) is 4.44. The lowest BCUT2D eigenvalue weighted by Crippen LogP contribution is -2.39. The van der Waals surface area contributed by atoms with E-state index < -0.39 is 0 Å². The molecule has 3 N–H and O–H groups in total. The van der Waals surface area contributed by atoms with Gasteiger partial charge >= 0.3 is 0 Å². The number of hydrogen-bond donors (Lipinski definition) is 2. The molecule has 0 bridgehead atoms. The number of thiazole rings is 1. The Morgan fingerprint density at radius 1 is 1.69 bits per heavy atom. The first kappa shape index (κ1) is 13.1. The number of nitrogens with zero attached hydrogens (tertiary/aromatic N) is 2. The second-order valence-electron chi connectivity index (χ2n) is 3.65. The van der Waals surface area contributed by atoms with Crippen molar-refractivity contribution < 1.29 is 9.90 Å². The molecule has 16 heavy (non-hydrogen) atoms. The van der Waals surface area contributed by atoms with E-state index in [9.17, 15) is 4.79 Å². The lowest BCUT2D eigenvalue weighted by molar-refractivity contribution is 0.0660. The normalized spacial score (nSPS) is 10.8. The first-order valence-corrected chi connectivity index (χ1v) is 6.04. The fourth-order valence-corrected chi connectivity index (χ4v) is 2.00. The van der Waals surface area contributed by atoms with Gasteiger partial charge < -0.3 is 15.7 Å². The van der Waals surface area contributed by atoms with Crippen LogP contribution in [0.25, 0.3) is 0 Å². The summed E-state index contributed by atoms with van der Waals surface area (Å²) < 4.78 is 0. The van der Waals surface area contributed by atoms with Crippen molar-refractivity contribution in [3.63, 3.8) is 0 Å². The van der Waals surface area contributed by atoms with Gasteiger partial charge in [0, 0.05) is 24.5 Å². The fourth-order valence-electron chi connectivity index (χ4n) is 1.35. The summed E-state index contributed by atoms with van der Waals surface area (Å²) in [7, 11) is 0. The van der Waals surface area contributed by atoms with E-state index in [2.05, 4.69) is 4.98 Å². The zero-order chi connectivity index (χ0) is 12.1. The van der Waals surface area contributed by atoms with Gasteiger partial charge in [-0.1, -0.05) is 0 Å². The van der Waals surface area contributed by atoms with Crippen LogP contribution in [0.4, 0.5) is 0 Å². The Morgan fingerprint density at radius 2 is 2.38 bits per heavy atom. The molecule has 0 saturated carbocycles. The van der Waals surface area contributed by atoms with Gasteiger partial charge in [0.2, 0.25) is 0 Å². The van der Waals surface area contributed by atoms with Gasteiger partial charge in [-0.2, -0.15) is 0 Å². The third-order valence-corrected chi connectivity index (χ3v) is 3.04. The topological polar surface area (TPSA) is 79.5 Å². The molecular weight excluding hydrogens is 226 g/mol. The predicted molar refractivity (Wildman–Crippen MR) is 63.3 cm³/mol. The highest BCUT2D eigenvalue weighted by atomic mass is 32.1. The summed E-state index contributed by atoms with van der Waals surface area (Å²) in [6, 6.07) is 0.0441. The number of aliphatic hydroxyl groups is 1. The maximum Gasteiger partial charge on any atom is 0.273 e. The monoisotopic (exact) mass is 243 g/mol. The van der Waals surface area contributed by atoms with Gasteiger partial charge in [-0.25, -0.2) is 4.98 Å². The van der Waals surface area contributed by atoms with E-state index in [1.807, 2.05) is 13.8 Å². The zero-order valence-electron chi connectivity index (χ0n) is 9.51. The third kappa shape index (κ3) is 3.01. The molecule has 0 aliphatic carbocycles. The van der Waals surface area contributed by atoms with Crippen LogP contribution in [0.3, 0.4) is 0 Å². The number of amides is 1. The SMILES string of the molecule is CC(C)N(CCO)C(=O)c1csc(CN)n1. The largest absolute Gasteiger partial charge is 0.395 e. The van der Waals surface area contributed by atoms with Crippen LogP contribution < -0.4 is 5.73 Å². The first-order valence-electron chi connectivity index (χ1n) is 5.16. The quantitative estimate of drug-likeness (QED) is 0.786. The van der Waals surface area contributed by atoms with Crippen molar-refractivity contribution in [2.45, 2.75) is 26.4 Å². The van der Waals surface area contributed by atoms with Gasteiger partial charge in [0.1, 0.15) is 10.7 Å².